The van der Waals surface area contributed by atoms with Gasteiger partial charge in [-0.15, -0.1) is 11.3 Å². The Morgan fingerprint density at radius 1 is 1.10 bits per heavy atom. The number of thiazole rings is 1. The Morgan fingerprint density at radius 2 is 1.71 bits per heavy atom. The lowest BCUT2D eigenvalue weighted by Crippen LogP contribution is -2.28. The van der Waals surface area contributed by atoms with Crippen molar-refractivity contribution >= 4 is 35.1 Å². The third-order valence-electron chi connectivity index (χ3n) is 4.38. The highest BCUT2D eigenvalue weighted by Crippen LogP contribution is 2.30. The quantitative estimate of drug-likeness (QED) is 0.455. The van der Waals surface area contributed by atoms with Crippen LogP contribution in [0.15, 0.2) is 28.0 Å². The number of ketones is 2. The van der Waals surface area contributed by atoms with Gasteiger partial charge in [-0.25, -0.2) is 9.97 Å². The maximum Gasteiger partial charge on any atom is 0.220 e. The molecule has 2 heterocycles. The molecule has 0 aliphatic rings. The van der Waals surface area contributed by atoms with Gasteiger partial charge < -0.3 is 4.42 Å². The molecule has 0 atom stereocenters. The van der Waals surface area contributed by atoms with Gasteiger partial charge in [0, 0.05) is 34.4 Å². The minimum atomic E-state index is -0.901. The van der Waals surface area contributed by atoms with Gasteiger partial charge in [0.2, 0.25) is 5.89 Å². The summed E-state index contributed by atoms with van der Waals surface area (Å²) >= 11 is 1.30. The Balaban J connectivity index is 2.23. The molecular formula is C23H24N4O3S. The molecule has 0 bridgehead atoms. The molecule has 0 aromatic carbocycles. The van der Waals surface area contributed by atoms with Crippen molar-refractivity contribution in [3.05, 3.63) is 45.1 Å². The molecule has 0 aliphatic heterocycles. The fourth-order valence-corrected chi connectivity index (χ4v) is 3.79. The fourth-order valence-electron chi connectivity index (χ4n) is 2.70. The molecule has 2 aromatic rings. The van der Waals surface area contributed by atoms with Crippen LogP contribution in [0.1, 0.15) is 56.1 Å². The van der Waals surface area contributed by atoms with Gasteiger partial charge in [0.25, 0.3) is 0 Å². The highest BCUT2D eigenvalue weighted by atomic mass is 32.1. The zero-order valence-corrected chi connectivity index (χ0v) is 19.3. The number of nitriles is 2. The third kappa shape index (κ3) is 6.07. The number of rotatable bonds is 7. The van der Waals surface area contributed by atoms with Crippen molar-refractivity contribution in [3.8, 4) is 12.1 Å². The van der Waals surface area contributed by atoms with E-state index in [1.165, 1.54) is 29.8 Å². The monoisotopic (exact) mass is 436 g/mol. The number of Topliss-reactive ketones (excluding diaryl/α,β-unsaturated/α-hetero) is 2. The van der Waals surface area contributed by atoms with Crippen molar-refractivity contribution < 1.29 is 14.0 Å². The average Bonchev–Trinajstić information content (AvgIpc) is 3.30. The van der Waals surface area contributed by atoms with E-state index in [-0.39, 0.29) is 28.6 Å². The highest BCUT2D eigenvalue weighted by Gasteiger charge is 2.32. The van der Waals surface area contributed by atoms with Crippen LogP contribution in [0.4, 0.5) is 0 Å². The van der Waals surface area contributed by atoms with Gasteiger partial charge in [0.05, 0.1) is 16.3 Å². The Bertz CT molecular complexity index is 1140. The first-order valence-corrected chi connectivity index (χ1v) is 10.4. The Hall–Kier alpha value is -3.36. The standard InChI is InChI=1S/C23H24N4O3S/c1-14-13-30-18(27-14)8-16(11-25)21(29)23(5,6)9-19-26-12-17(31-19)7-15(10-24)20(28)22(2,3)4/h7-8,12-13H,9H2,1-6H3/b15-7+,16-8+. The molecule has 0 N–H and O–H groups in total. The van der Waals surface area contributed by atoms with Crippen LogP contribution in [0.2, 0.25) is 0 Å². The second-order valence-corrected chi connectivity index (χ2v) is 9.94. The van der Waals surface area contributed by atoms with E-state index in [0.29, 0.717) is 22.0 Å². The molecule has 160 valence electrons. The summed E-state index contributed by atoms with van der Waals surface area (Å²) in [5.41, 5.74) is -0.896. The largest absolute Gasteiger partial charge is 0.445 e. The number of hydrogen-bond donors (Lipinski definition) is 0. The second kappa shape index (κ2) is 9.20. The number of carbonyl (C=O) groups is 2. The summed E-state index contributed by atoms with van der Waals surface area (Å²) in [5, 5.41) is 19.5. The first-order chi connectivity index (χ1) is 14.4. The van der Waals surface area contributed by atoms with Crippen LogP contribution in [0.3, 0.4) is 0 Å². The Kier molecular flexibility index (Phi) is 7.09. The van der Waals surface area contributed by atoms with Crippen molar-refractivity contribution in [1.29, 1.82) is 10.5 Å². The van der Waals surface area contributed by atoms with Crippen LogP contribution in [0, 0.1) is 40.4 Å². The van der Waals surface area contributed by atoms with Crippen molar-refractivity contribution in [2.24, 2.45) is 10.8 Å². The second-order valence-electron chi connectivity index (χ2n) is 8.79. The Morgan fingerprint density at radius 3 is 2.23 bits per heavy atom. The number of aromatic nitrogens is 2. The van der Waals surface area contributed by atoms with Crippen LogP contribution in [-0.2, 0) is 16.0 Å². The summed E-state index contributed by atoms with van der Waals surface area (Å²) < 4.78 is 5.21. The number of aryl methyl sites for hydroxylation is 1. The van der Waals surface area contributed by atoms with Gasteiger partial charge in [-0.05, 0) is 13.0 Å². The molecule has 0 spiro atoms. The van der Waals surface area contributed by atoms with Crippen LogP contribution in [-0.4, -0.2) is 21.5 Å². The van der Waals surface area contributed by atoms with Gasteiger partial charge in [-0.3, -0.25) is 9.59 Å². The van der Waals surface area contributed by atoms with E-state index in [1.54, 1.807) is 47.7 Å². The Labute approximate surface area is 185 Å². The average molecular weight is 437 g/mol. The molecule has 0 aliphatic carbocycles. The maximum absolute atomic E-state index is 13.0. The molecule has 31 heavy (non-hydrogen) atoms. The number of nitrogens with zero attached hydrogens (tertiary/aromatic N) is 4. The van der Waals surface area contributed by atoms with Crippen molar-refractivity contribution in [2.45, 2.75) is 48.0 Å². The summed E-state index contributed by atoms with van der Waals surface area (Å²) in [6.07, 6.45) is 6.17. The molecular weight excluding hydrogens is 412 g/mol. The van der Waals surface area contributed by atoms with E-state index in [9.17, 15) is 20.1 Å². The number of hydrogen-bond acceptors (Lipinski definition) is 8. The van der Waals surface area contributed by atoms with Crippen LogP contribution >= 0.6 is 11.3 Å². The molecule has 0 fully saturated rings. The molecule has 2 rings (SSSR count). The molecule has 0 saturated carbocycles. The smallest absolute Gasteiger partial charge is 0.220 e. The third-order valence-corrected chi connectivity index (χ3v) is 5.33. The van der Waals surface area contributed by atoms with Gasteiger partial charge in [0.15, 0.2) is 11.6 Å². The minimum Gasteiger partial charge on any atom is -0.445 e. The predicted octanol–water partition coefficient (Wildman–Crippen LogP) is 4.71. The van der Waals surface area contributed by atoms with Crippen molar-refractivity contribution in [2.75, 3.05) is 0 Å². The molecule has 0 unspecified atom stereocenters. The zero-order chi connectivity index (χ0) is 23.4. The number of carbonyl (C=O) groups excluding carboxylic acids is 2. The van der Waals surface area contributed by atoms with Crippen LogP contribution in [0.5, 0.6) is 0 Å². The van der Waals surface area contributed by atoms with E-state index in [2.05, 4.69) is 9.97 Å². The first kappa shape index (κ1) is 23.9. The molecule has 8 heteroatoms. The lowest BCUT2D eigenvalue weighted by molar-refractivity contribution is -0.123. The fraction of sp³-hybridized carbons (Fsp3) is 0.391. The number of allylic oxidation sites excluding steroid dienone is 2. The van der Waals surface area contributed by atoms with E-state index >= 15 is 0 Å². The van der Waals surface area contributed by atoms with Crippen molar-refractivity contribution in [1.82, 2.24) is 9.97 Å². The molecule has 7 nitrogen and oxygen atoms in total. The van der Waals surface area contributed by atoms with Gasteiger partial charge in [-0.2, -0.15) is 10.5 Å². The van der Waals surface area contributed by atoms with E-state index in [1.807, 2.05) is 12.1 Å². The predicted molar refractivity (Wildman–Crippen MR) is 117 cm³/mol. The summed E-state index contributed by atoms with van der Waals surface area (Å²) in [5.74, 6) is -0.391. The molecule has 0 amide bonds. The van der Waals surface area contributed by atoms with Gasteiger partial charge in [-0.1, -0.05) is 34.6 Å². The lowest BCUT2D eigenvalue weighted by atomic mass is 9.81. The first-order valence-electron chi connectivity index (χ1n) is 9.57. The zero-order valence-electron chi connectivity index (χ0n) is 18.4. The van der Waals surface area contributed by atoms with Crippen LogP contribution < -0.4 is 0 Å². The normalized spacial score (nSPS) is 12.9. The van der Waals surface area contributed by atoms with E-state index in [4.69, 9.17) is 4.42 Å². The van der Waals surface area contributed by atoms with E-state index < -0.39 is 10.8 Å². The minimum absolute atomic E-state index is 0.0499. The number of oxazole rings is 1. The van der Waals surface area contributed by atoms with Gasteiger partial charge >= 0.3 is 0 Å². The van der Waals surface area contributed by atoms with Gasteiger partial charge in [0.1, 0.15) is 24.0 Å². The lowest BCUT2D eigenvalue weighted by Gasteiger charge is -2.21. The molecule has 0 saturated heterocycles. The molecule has 2 aromatic heterocycles. The summed E-state index contributed by atoms with van der Waals surface area (Å²) in [4.78, 5) is 34.4. The summed E-state index contributed by atoms with van der Waals surface area (Å²) in [7, 11) is 0. The highest BCUT2D eigenvalue weighted by molar-refractivity contribution is 7.12. The SMILES string of the molecule is Cc1coc(/C=C(\C#N)C(=O)C(C)(C)Cc2ncc(/C=C(\C#N)C(=O)C(C)(C)C)s2)n1. The topological polar surface area (TPSA) is 121 Å². The van der Waals surface area contributed by atoms with Crippen molar-refractivity contribution in [3.63, 3.8) is 0 Å². The maximum atomic E-state index is 13.0. The molecule has 0 radical (unpaired) electrons. The summed E-state index contributed by atoms with van der Waals surface area (Å²) in [6.45, 7) is 10.5. The van der Waals surface area contributed by atoms with Crippen LogP contribution in [0.25, 0.3) is 12.2 Å². The van der Waals surface area contributed by atoms with E-state index in [0.717, 1.165) is 0 Å². The summed E-state index contributed by atoms with van der Waals surface area (Å²) in [6, 6.07) is 3.89.